The van der Waals surface area contributed by atoms with E-state index in [2.05, 4.69) is 58.5 Å². The highest BCUT2D eigenvalue weighted by molar-refractivity contribution is 7.18. The first-order valence-corrected chi connectivity index (χ1v) is 8.24. The number of benzene rings is 2. The van der Waals surface area contributed by atoms with Gasteiger partial charge in [0.05, 0.1) is 4.88 Å². The Balaban J connectivity index is 1.63. The average Bonchev–Trinajstić information content (AvgIpc) is 3.14. The van der Waals surface area contributed by atoms with E-state index >= 15 is 0 Å². The molecule has 23 heavy (non-hydrogen) atoms. The summed E-state index contributed by atoms with van der Waals surface area (Å²) < 4.78 is 0. The van der Waals surface area contributed by atoms with Crippen LogP contribution in [-0.4, -0.2) is 9.97 Å². The smallest absolute Gasteiger partial charge is 0.123 e. The van der Waals surface area contributed by atoms with Crippen LogP contribution in [0.15, 0.2) is 85.3 Å². The molecule has 0 aliphatic carbocycles. The third-order valence-electron chi connectivity index (χ3n) is 3.71. The molecule has 2 aromatic carbocycles. The van der Waals surface area contributed by atoms with E-state index in [1.165, 1.54) is 21.6 Å². The van der Waals surface area contributed by atoms with Gasteiger partial charge >= 0.3 is 0 Å². The van der Waals surface area contributed by atoms with E-state index in [1.807, 2.05) is 24.4 Å². The molecular weight excluding hydrogens is 300 g/mol. The molecule has 0 fully saturated rings. The molecule has 0 atom stereocenters. The highest BCUT2D eigenvalue weighted by Crippen LogP contribution is 2.32. The molecule has 0 unspecified atom stereocenters. The Morgan fingerprint density at radius 2 is 1.26 bits per heavy atom. The zero-order chi connectivity index (χ0) is 15.5. The van der Waals surface area contributed by atoms with E-state index in [4.69, 9.17) is 0 Å². The van der Waals surface area contributed by atoms with E-state index in [-0.39, 0.29) is 0 Å². The van der Waals surface area contributed by atoms with Gasteiger partial charge in [0.15, 0.2) is 0 Å². The van der Waals surface area contributed by atoms with Crippen molar-refractivity contribution in [3.63, 3.8) is 0 Å². The summed E-state index contributed by atoms with van der Waals surface area (Å²) in [7, 11) is 0. The monoisotopic (exact) mass is 314 g/mol. The summed E-state index contributed by atoms with van der Waals surface area (Å²) in [6.45, 7) is 0. The first-order chi connectivity index (χ1) is 11.4. The summed E-state index contributed by atoms with van der Waals surface area (Å²) in [5.41, 5.74) is 4.77. The summed E-state index contributed by atoms with van der Waals surface area (Å²) in [4.78, 5) is 9.76. The Kier molecular flexibility index (Phi) is 3.70. The van der Waals surface area contributed by atoms with Crippen molar-refractivity contribution in [1.82, 2.24) is 9.97 Å². The molecule has 0 aliphatic rings. The quantitative estimate of drug-likeness (QED) is 0.496. The highest BCUT2D eigenvalue weighted by atomic mass is 32.1. The molecule has 0 saturated heterocycles. The van der Waals surface area contributed by atoms with Crippen molar-refractivity contribution in [2.45, 2.75) is 0 Å². The van der Waals surface area contributed by atoms with Gasteiger partial charge in [-0.05, 0) is 28.8 Å². The van der Waals surface area contributed by atoms with Gasteiger partial charge in [-0.2, -0.15) is 0 Å². The highest BCUT2D eigenvalue weighted by Gasteiger charge is 2.06. The van der Waals surface area contributed by atoms with Gasteiger partial charge in [0, 0.05) is 24.2 Å². The van der Waals surface area contributed by atoms with Crippen LogP contribution in [0.2, 0.25) is 0 Å². The Labute approximate surface area is 139 Å². The van der Waals surface area contributed by atoms with Crippen molar-refractivity contribution < 1.29 is 0 Å². The zero-order valence-corrected chi connectivity index (χ0v) is 13.2. The fraction of sp³-hybridized carbons (Fsp3) is 0. The summed E-state index contributed by atoms with van der Waals surface area (Å²) in [6.07, 6.45) is 5.54. The van der Waals surface area contributed by atoms with Gasteiger partial charge in [-0.25, -0.2) is 4.98 Å². The van der Waals surface area contributed by atoms with Gasteiger partial charge in [-0.1, -0.05) is 54.6 Å². The minimum absolute atomic E-state index is 1.02. The van der Waals surface area contributed by atoms with Crippen molar-refractivity contribution >= 4 is 11.3 Å². The molecule has 0 saturated carbocycles. The number of pyridine rings is 1. The van der Waals surface area contributed by atoms with Crippen molar-refractivity contribution in [1.29, 1.82) is 0 Å². The molecule has 0 radical (unpaired) electrons. The van der Waals surface area contributed by atoms with Crippen LogP contribution in [0.1, 0.15) is 0 Å². The van der Waals surface area contributed by atoms with Crippen LogP contribution < -0.4 is 0 Å². The van der Waals surface area contributed by atoms with E-state index in [1.54, 1.807) is 23.7 Å². The summed E-state index contributed by atoms with van der Waals surface area (Å²) >= 11 is 1.70. The fourth-order valence-electron chi connectivity index (χ4n) is 2.49. The van der Waals surface area contributed by atoms with Gasteiger partial charge in [-0.3, -0.25) is 4.98 Å². The SMILES string of the molecule is c1ccc(-c2ccc(-c3cnc(-c4ccncc4)s3)cc2)cc1. The number of hydrogen-bond donors (Lipinski definition) is 0. The Hall–Kier alpha value is -2.78. The summed E-state index contributed by atoms with van der Waals surface area (Å²) in [5.74, 6) is 0. The van der Waals surface area contributed by atoms with E-state index < -0.39 is 0 Å². The number of aromatic nitrogens is 2. The largest absolute Gasteiger partial charge is 0.265 e. The molecule has 0 bridgehead atoms. The number of hydrogen-bond acceptors (Lipinski definition) is 3. The third-order valence-corrected chi connectivity index (χ3v) is 4.80. The predicted octanol–water partition coefficient (Wildman–Crippen LogP) is 5.54. The lowest BCUT2D eigenvalue weighted by Gasteiger charge is -2.02. The molecule has 3 heteroatoms. The van der Waals surface area contributed by atoms with Gasteiger partial charge in [-0.15, -0.1) is 11.3 Å². The third kappa shape index (κ3) is 2.91. The van der Waals surface area contributed by atoms with Gasteiger partial charge in [0.25, 0.3) is 0 Å². The second kappa shape index (κ2) is 6.15. The lowest BCUT2D eigenvalue weighted by Crippen LogP contribution is -1.77. The molecular formula is C20H14N2S. The molecule has 110 valence electrons. The lowest BCUT2D eigenvalue weighted by molar-refractivity contribution is 1.32. The summed E-state index contributed by atoms with van der Waals surface area (Å²) in [6, 6.07) is 23.0. The van der Waals surface area contributed by atoms with Crippen LogP contribution in [0.25, 0.3) is 32.1 Å². The van der Waals surface area contributed by atoms with E-state index in [0.29, 0.717) is 0 Å². The van der Waals surface area contributed by atoms with Gasteiger partial charge < -0.3 is 0 Å². The molecule has 2 nitrogen and oxygen atoms in total. The first-order valence-electron chi connectivity index (χ1n) is 7.42. The van der Waals surface area contributed by atoms with Crippen LogP contribution in [0, 0.1) is 0 Å². The standard InChI is InChI=1S/C20H14N2S/c1-2-4-15(5-3-1)16-6-8-17(9-7-16)19-14-22-20(23-19)18-10-12-21-13-11-18/h1-14H. The number of rotatable bonds is 3. The summed E-state index contributed by atoms with van der Waals surface area (Å²) in [5, 5.41) is 1.02. The molecule has 0 amide bonds. The van der Waals surface area contributed by atoms with Crippen LogP contribution in [0.5, 0.6) is 0 Å². The molecule has 2 aromatic heterocycles. The van der Waals surface area contributed by atoms with Crippen LogP contribution in [0.3, 0.4) is 0 Å². The molecule has 4 aromatic rings. The zero-order valence-electron chi connectivity index (χ0n) is 12.4. The van der Waals surface area contributed by atoms with Gasteiger partial charge in [0.2, 0.25) is 0 Å². The van der Waals surface area contributed by atoms with Crippen molar-refractivity contribution in [3.05, 3.63) is 85.3 Å². The first kappa shape index (κ1) is 13.9. The molecule has 0 spiro atoms. The normalized spacial score (nSPS) is 10.6. The fourth-order valence-corrected chi connectivity index (χ4v) is 3.42. The molecule has 2 heterocycles. The second-order valence-corrected chi connectivity index (χ2v) is 6.24. The topological polar surface area (TPSA) is 25.8 Å². The molecule has 4 rings (SSSR count). The molecule has 0 N–H and O–H groups in total. The average molecular weight is 314 g/mol. The number of nitrogens with zero attached hydrogens (tertiary/aromatic N) is 2. The Morgan fingerprint density at radius 1 is 0.609 bits per heavy atom. The maximum Gasteiger partial charge on any atom is 0.123 e. The maximum atomic E-state index is 4.53. The number of thiazole rings is 1. The van der Waals surface area contributed by atoms with E-state index in [0.717, 1.165) is 10.6 Å². The Bertz CT molecular complexity index is 897. The molecule has 0 aliphatic heterocycles. The predicted molar refractivity (Wildman–Crippen MR) is 96.2 cm³/mol. The maximum absolute atomic E-state index is 4.53. The minimum atomic E-state index is 1.02. The van der Waals surface area contributed by atoms with Crippen molar-refractivity contribution in [3.8, 4) is 32.1 Å². The minimum Gasteiger partial charge on any atom is -0.265 e. The van der Waals surface area contributed by atoms with E-state index in [9.17, 15) is 0 Å². The van der Waals surface area contributed by atoms with Crippen molar-refractivity contribution in [2.24, 2.45) is 0 Å². The second-order valence-electron chi connectivity index (χ2n) is 5.21. The van der Waals surface area contributed by atoms with Gasteiger partial charge in [0.1, 0.15) is 5.01 Å². The lowest BCUT2D eigenvalue weighted by atomic mass is 10.0. The van der Waals surface area contributed by atoms with Crippen molar-refractivity contribution in [2.75, 3.05) is 0 Å². The van der Waals surface area contributed by atoms with Crippen LogP contribution in [-0.2, 0) is 0 Å². The van der Waals surface area contributed by atoms with Crippen LogP contribution in [0.4, 0.5) is 0 Å². The Morgan fingerprint density at radius 3 is 2.00 bits per heavy atom. The van der Waals surface area contributed by atoms with Crippen LogP contribution >= 0.6 is 11.3 Å².